The monoisotopic (exact) mass is 432 g/mol. The Kier molecular flexibility index (Phi) is 6.04. The third kappa shape index (κ3) is 4.62. The van der Waals surface area contributed by atoms with Crippen LogP contribution in [0.3, 0.4) is 0 Å². The molecule has 0 aliphatic carbocycles. The van der Waals surface area contributed by atoms with Gasteiger partial charge in [-0.25, -0.2) is 9.79 Å². The molecule has 0 bridgehead atoms. The van der Waals surface area contributed by atoms with Crippen LogP contribution in [-0.4, -0.2) is 33.6 Å². The number of aromatic carboxylic acids is 1. The van der Waals surface area contributed by atoms with Crippen molar-refractivity contribution < 1.29 is 19.1 Å². The molecule has 0 unspecified atom stereocenters. The molecular weight excluding hydrogens is 412 g/mol. The Bertz CT molecular complexity index is 1160. The minimum atomic E-state index is -0.974. The zero-order chi connectivity index (χ0) is 21.8. The molecule has 4 rings (SSSR count). The van der Waals surface area contributed by atoms with Crippen LogP contribution < -0.4 is 0 Å². The maximum Gasteiger partial charge on any atom is 0.335 e. The molecule has 0 saturated carbocycles. The fraction of sp³-hybridized carbons (Fsp3) is 0.125. The number of nitrogens with zero attached hydrogens (tertiary/aromatic N) is 2. The molecule has 0 radical (unpaired) electrons. The van der Waals surface area contributed by atoms with Gasteiger partial charge in [0.05, 0.1) is 16.2 Å². The molecule has 31 heavy (non-hydrogen) atoms. The smallest absolute Gasteiger partial charge is 0.335 e. The summed E-state index contributed by atoms with van der Waals surface area (Å²) in [4.78, 5) is 30.8. The average Bonchev–Trinajstić information content (AvgIpc) is 3.35. The number of carboxylic acid groups (broad SMARTS) is 1. The van der Waals surface area contributed by atoms with Crippen molar-refractivity contribution in [2.75, 3.05) is 6.54 Å². The Balaban J connectivity index is 1.59. The number of hydrogen-bond donors (Lipinski definition) is 1. The fourth-order valence-electron chi connectivity index (χ4n) is 3.12. The normalized spacial score (nSPS) is 16.4. The van der Waals surface area contributed by atoms with E-state index in [9.17, 15) is 9.59 Å². The van der Waals surface area contributed by atoms with Crippen molar-refractivity contribution in [2.24, 2.45) is 4.99 Å². The van der Waals surface area contributed by atoms with Crippen LogP contribution in [0.1, 0.15) is 29.5 Å². The lowest BCUT2D eigenvalue weighted by Gasteiger charge is -2.13. The summed E-state index contributed by atoms with van der Waals surface area (Å²) in [6.07, 6.45) is 2.54. The van der Waals surface area contributed by atoms with Gasteiger partial charge in [0.25, 0.3) is 5.91 Å². The lowest BCUT2D eigenvalue weighted by Crippen LogP contribution is -2.29. The molecule has 0 spiro atoms. The second-order valence-corrected chi connectivity index (χ2v) is 7.89. The molecular formula is C24H20N2O4S. The molecule has 1 amide bonds. The molecule has 2 heterocycles. The molecule has 1 fully saturated rings. The summed E-state index contributed by atoms with van der Waals surface area (Å²) in [7, 11) is 0. The summed E-state index contributed by atoms with van der Waals surface area (Å²) in [6, 6.07) is 19.6. The number of carbonyl (C=O) groups excluding carboxylic acids is 1. The Morgan fingerprint density at radius 3 is 2.52 bits per heavy atom. The van der Waals surface area contributed by atoms with Crippen molar-refractivity contribution in [3.8, 4) is 11.3 Å². The first-order chi connectivity index (χ1) is 15.0. The predicted molar refractivity (Wildman–Crippen MR) is 122 cm³/mol. The van der Waals surface area contributed by atoms with Gasteiger partial charge in [0, 0.05) is 18.2 Å². The first-order valence-electron chi connectivity index (χ1n) is 9.84. The highest BCUT2D eigenvalue weighted by Crippen LogP contribution is 2.35. The number of aliphatic imine (C=N–C) groups is 1. The minimum Gasteiger partial charge on any atom is -0.478 e. The van der Waals surface area contributed by atoms with E-state index in [1.807, 2.05) is 37.3 Å². The first kappa shape index (κ1) is 20.7. The number of rotatable bonds is 6. The van der Waals surface area contributed by atoms with Crippen molar-refractivity contribution in [1.82, 2.24) is 4.90 Å². The number of amides is 1. The number of carboxylic acids is 1. The first-order valence-corrected chi connectivity index (χ1v) is 10.7. The third-order valence-corrected chi connectivity index (χ3v) is 5.64. The van der Waals surface area contributed by atoms with Gasteiger partial charge in [-0.3, -0.25) is 9.69 Å². The van der Waals surface area contributed by atoms with Crippen LogP contribution in [0.5, 0.6) is 0 Å². The van der Waals surface area contributed by atoms with E-state index in [1.165, 1.54) is 23.9 Å². The molecule has 0 atom stereocenters. The second kappa shape index (κ2) is 9.06. The van der Waals surface area contributed by atoms with Crippen molar-refractivity contribution >= 4 is 40.6 Å². The summed E-state index contributed by atoms with van der Waals surface area (Å²) in [5.74, 6) is 0.0801. The Labute approximate surface area is 183 Å². The fourth-order valence-corrected chi connectivity index (χ4v) is 4.12. The lowest BCUT2D eigenvalue weighted by atomic mass is 10.1. The van der Waals surface area contributed by atoms with Crippen molar-refractivity contribution in [3.63, 3.8) is 0 Å². The highest BCUT2D eigenvalue weighted by Gasteiger charge is 2.33. The SMILES string of the molecule is CCCN1C(=O)/C(=C/c2ccc(-c3ccc(C(=O)O)cc3)o2)SC1=Nc1ccccc1. The van der Waals surface area contributed by atoms with Crippen molar-refractivity contribution in [3.05, 3.63) is 83.0 Å². The van der Waals surface area contributed by atoms with Gasteiger partial charge in [0.15, 0.2) is 5.17 Å². The number of para-hydroxylation sites is 1. The highest BCUT2D eigenvalue weighted by molar-refractivity contribution is 8.18. The minimum absolute atomic E-state index is 0.0923. The van der Waals surface area contributed by atoms with Gasteiger partial charge in [0.1, 0.15) is 11.5 Å². The molecule has 156 valence electrons. The van der Waals surface area contributed by atoms with E-state index < -0.39 is 5.97 Å². The quantitative estimate of drug-likeness (QED) is 0.508. The Morgan fingerprint density at radius 1 is 1.10 bits per heavy atom. The van der Waals surface area contributed by atoms with E-state index >= 15 is 0 Å². The Hall–Kier alpha value is -3.58. The van der Waals surface area contributed by atoms with Crippen LogP contribution in [0.25, 0.3) is 17.4 Å². The molecule has 3 aromatic rings. The summed E-state index contributed by atoms with van der Waals surface area (Å²) < 4.78 is 5.88. The second-order valence-electron chi connectivity index (χ2n) is 6.88. The van der Waals surface area contributed by atoms with Crippen LogP contribution in [0.2, 0.25) is 0 Å². The molecule has 2 aromatic carbocycles. The number of hydrogen-bond acceptors (Lipinski definition) is 5. The maximum atomic E-state index is 12.9. The number of amidine groups is 1. The van der Waals surface area contributed by atoms with Gasteiger partial charge in [-0.15, -0.1) is 0 Å². The van der Waals surface area contributed by atoms with Crippen molar-refractivity contribution in [1.29, 1.82) is 0 Å². The zero-order valence-corrected chi connectivity index (χ0v) is 17.6. The van der Waals surface area contributed by atoms with Gasteiger partial charge in [-0.05, 0) is 54.6 Å². The zero-order valence-electron chi connectivity index (χ0n) is 16.8. The van der Waals surface area contributed by atoms with Crippen LogP contribution in [0.15, 0.2) is 81.0 Å². The van der Waals surface area contributed by atoms with Gasteiger partial charge in [-0.2, -0.15) is 0 Å². The summed E-state index contributed by atoms with van der Waals surface area (Å²) in [5.41, 5.74) is 1.77. The predicted octanol–water partition coefficient (Wildman–Crippen LogP) is 5.66. The van der Waals surface area contributed by atoms with Crippen LogP contribution in [0.4, 0.5) is 5.69 Å². The van der Waals surface area contributed by atoms with Crippen LogP contribution in [0, 0.1) is 0 Å². The summed E-state index contributed by atoms with van der Waals surface area (Å²) >= 11 is 1.33. The van der Waals surface area contributed by atoms with Gasteiger partial charge < -0.3 is 9.52 Å². The van der Waals surface area contributed by atoms with Gasteiger partial charge in [0.2, 0.25) is 0 Å². The maximum absolute atomic E-state index is 12.9. The molecule has 1 aromatic heterocycles. The van der Waals surface area contributed by atoms with Gasteiger partial charge in [-0.1, -0.05) is 37.3 Å². The number of carbonyl (C=O) groups is 2. The standard InChI is InChI=1S/C24H20N2O4S/c1-2-14-26-22(27)21(31-24(26)25-18-6-4-3-5-7-18)15-19-12-13-20(30-19)16-8-10-17(11-9-16)23(28)29/h3-13,15H,2,14H2,1H3,(H,28,29)/b21-15-,25-24?. The molecule has 1 N–H and O–H groups in total. The number of furan rings is 1. The average molecular weight is 433 g/mol. The van der Waals surface area contributed by atoms with Crippen molar-refractivity contribution in [2.45, 2.75) is 13.3 Å². The molecule has 1 aliphatic rings. The van der Waals surface area contributed by atoms with E-state index in [-0.39, 0.29) is 11.5 Å². The number of thioether (sulfide) groups is 1. The lowest BCUT2D eigenvalue weighted by molar-refractivity contribution is -0.122. The van der Waals surface area contributed by atoms with E-state index in [4.69, 9.17) is 9.52 Å². The van der Waals surface area contributed by atoms with Crippen LogP contribution >= 0.6 is 11.8 Å². The van der Waals surface area contributed by atoms with Gasteiger partial charge >= 0.3 is 5.97 Å². The Morgan fingerprint density at radius 2 is 1.84 bits per heavy atom. The summed E-state index contributed by atoms with van der Waals surface area (Å²) in [5, 5.41) is 9.68. The van der Waals surface area contributed by atoms with E-state index in [2.05, 4.69) is 4.99 Å². The highest BCUT2D eigenvalue weighted by atomic mass is 32.2. The molecule has 6 nitrogen and oxygen atoms in total. The molecule has 7 heteroatoms. The third-order valence-electron chi connectivity index (χ3n) is 4.63. The number of benzene rings is 2. The summed E-state index contributed by atoms with van der Waals surface area (Å²) in [6.45, 7) is 2.61. The molecule has 1 saturated heterocycles. The van der Waals surface area contributed by atoms with E-state index in [0.29, 0.717) is 28.1 Å². The van der Waals surface area contributed by atoms with E-state index in [0.717, 1.165) is 17.7 Å². The van der Waals surface area contributed by atoms with E-state index in [1.54, 1.807) is 35.2 Å². The topological polar surface area (TPSA) is 83.1 Å². The van der Waals surface area contributed by atoms with Crippen LogP contribution in [-0.2, 0) is 4.79 Å². The molecule has 1 aliphatic heterocycles. The largest absolute Gasteiger partial charge is 0.478 e.